The summed E-state index contributed by atoms with van der Waals surface area (Å²) in [6.45, 7) is 7.47. The van der Waals surface area contributed by atoms with Crippen molar-refractivity contribution >= 4 is 56.0 Å². The molecule has 1 aliphatic heterocycles. The molecule has 152 valence electrons. The first-order valence-electron chi connectivity index (χ1n) is 9.78. The Balaban J connectivity index is 1.29. The number of halogens is 1. The Morgan fingerprint density at radius 2 is 1.86 bits per heavy atom. The minimum absolute atomic E-state index is 0.238. The van der Waals surface area contributed by atoms with Crippen molar-refractivity contribution in [1.29, 1.82) is 0 Å². The number of fused-ring (bicyclic) bond motifs is 1. The van der Waals surface area contributed by atoms with E-state index in [9.17, 15) is 4.79 Å². The summed E-state index contributed by atoms with van der Waals surface area (Å²) in [5, 5.41) is 1.81. The van der Waals surface area contributed by atoms with Crippen LogP contribution in [0.25, 0.3) is 10.2 Å². The molecule has 0 atom stereocenters. The Labute approximate surface area is 184 Å². The summed E-state index contributed by atoms with van der Waals surface area (Å²) in [4.78, 5) is 22.9. The van der Waals surface area contributed by atoms with Gasteiger partial charge >= 0.3 is 0 Å². The van der Waals surface area contributed by atoms with Crippen molar-refractivity contribution in [3.8, 4) is 0 Å². The molecule has 3 aromatic rings. The van der Waals surface area contributed by atoms with Crippen molar-refractivity contribution in [3.05, 3.63) is 52.5 Å². The number of carbonyl (C=O) groups excluding carboxylic acids is 1. The minimum atomic E-state index is 0.238. The van der Waals surface area contributed by atoms with E-state index in [1.807, 2.05) is 29.2 Å². The van der Waals surface area contributed by atoms with E-state index in [1.165, 1.54) is 15.8 Å². The van der Waals surface area contributed by atoms with Crippen LogP contribution in [0.4, 0.5) is 5.13 Å². The van der Waals surface area contributed by atoms with Crippen LogP contribution in [-0.2, 0) is 4.79 Å². The molecular formula is C22H24ClN3OS2. The molecule has 0 spiro atoms. The van der Waals surface area contributed by atoms with Crippen molar-refractivity contribution in [2.24, 2.45) is 0 Å². The Bertz CT molecular complexity index is 1010. The predicted molar refractivity (Wildman–Crippen MR) is 125 cm³/mol. The predicted octanol–water partition coefficient (Wildman–Crippen LogP) is 5.40. The van der Waals surface area contributed by atoms with Crippen molar-refractivity contribution in [3.63, 3.8) is 0 Å². The maximum Gasteiger partial charge on any atom is 0.223 e. The van der Waals surface area contributed by atoms with Crippen molar-refractivity contribution < 1.29 is 4.79 Å². The number of thioether (sulfide) groups is 1. The first-order valence-corrected chi connectivity index (χ1v) is 12.0. The molecule has 2 aromatic carbocycles. The number of piperazine rings is 1. The van der Waals surface area contributed by atoms with E-state index < -0.39 is 0 Å². The van der Waals surface area contributed by atoms with Gasteiger partial charge < -0.3 is 9.80 Å². The lowest BCUT2D eigenvalue weighted by molar-refractivity contribution is -0.131. The normalized spacial score (nSPS) is 14.6. The third-order valence-electron chi connectivity index (χ3n) is 5.11. The van der Waals surface area contributed by atoms with E-state index in [-0.39, 0.29) is 5.91 Å². The zero-order chi connectivity index (χ0) is 20.4. The highest BCUT2D eigenvalue weighted by molar-refractivity contribution is 7.99. The summed E-state index contributed by atoms with van der Waals surface area (Å²) in [6.07, 6.45) is 0.562. The molecule has 0 saturated carbocycles. The lowest BCUT2D eigenvalue weighted by Gasteiger charge is -2.34. The molecule has 0 radical (unpaired) electrons. The molecule has 1 fully saturated rings. The smallest absolute Gasteiger partial charge is 0.223 e. The Morgan fingerprint density at radius 1 is 1.14 bits per heavy atom. The zero-order valence-corrected chi connectivity index (χ0v) is 19.0. The Kier molecular flexibility index (Phi) is 6.32. The number of anilines is 1. The number of carbonyl (C=O) groups is 1. The SMILES string of the molecule is Cc1cc(C)c2sc(N3CCN(C(=O)CCSc4ccc(Cl)cc4)CC3)nc2c1. The second kappa shape index (κ2) is 8.94. The van der Waals surface area contributed by atoms with Crippen LogP contribution in [0.5, 0.6) is 0 Å². The van der Waals surface area contributed by atoms with Gasteiger partial charge in [0, 0.05) is 48.3 Å². The lowest BCUT2D eigenvalue weighted by atomic mass is 10.1. The molecule has 0 N–H and O–H groups in total. The van der Waals surface area contributed by atoms with Gasteiger partial charge in [0.2, 0.25) is 5.91 Å². The summed E-state index contributed by atoms with van der Waals surface area (Å²) in [5.41, 5.74) is 3.62. The van der Waals surface area contributed by atoms with Gasteiger partial charge in [-0.1, -0.05) is 29.0 Å². The highest BCUT2D eigenvalue weighted by atomic mass is 35.5. The number of hydrogen-bond acceptors (Lipinski definition) is 5. The average molecular weight is 446 g/mol. The summed E-state index contributed by atoms with van der Waals surface area (Å²) in [6, 6.07) is 12.1. The topological polar surface area (TPSA) is 36.4 Å². The molecule has 0 bridgehead atoms. The van der Waals surface area contributed by atoms with E-state index >= 15 is 0 Å². The number of thiazole rings is 1. The van der Waals surface area contributed by atoms with Gasteiger partial charge in [-0.3, -0.25) is 4.79 Å². The summed E-state index contributed by atoms with van der Waals surface area (Å²) < 4.78 is 1.27. The Hall–Kier alpha value is -1.76. The lowest BCUT2D eigenvalue weighted by Crippen LogP contribution is -2.48. The van der Waals surface area contributed by atoms with Crippen molar-refractivity contribution in [1.82, 2.24) is 9.88 Å². The van der Waals surface area contributed by atoms with Gasteiger partial charge in [-0.25, -0.2) is 4.98 Å². The molecule has 7 heteroatoms. The first-order chi connectivity index (χ1) is 14.0. The van der Waals surface area contributed by atoms with Crippen LogP contribution in [0.2, 0.25) is 5.02 Å². The largest absolute Gasteiger partial charge is 0.345 e. The van der Waals surface area contributed by atoms with Gasteiger partial charge in [-0.15, -0.1) is 11.8 Å². The van der Waals surface area contributed by atoms with E-state index in [4.69, 9.17) is 16.6 Å². The first kappa shape index (κ1) is 20.5. The maximum atomic E-state index is 12.6. The molecule has 1 aromatic heterocycles. The molecule has 4 nitrogen and oxygen atoms in total. The fraction of sp³-hybridized carbons (Fsp3) is 0.364. The molecule has 2 heterocycles. The standard InChI is InChI=1S/C22H24ClN3OS2/c1-15-13-16(2)21-19(14-15)24-22(29-21)26-10-8-25(9-11-26)20(27)7-12-28-18-5-3-17(23)4-6-18/h3-6,13-14H,7-12H2,1-2H3. The second-order valence-electron chi connectivity index (χ2n) is 7.35. The number of rotatable bonds is 5. The van der Waals surface area contributed by atoms with E-state index in [1.54, 1.807) is 23.1 Å². The third kappa shape index (κ3) is 4.87. The van der Waals surface area contributed by atoms with Crippen LogP contribution < -0.4 is 4.90 Å². The number of amides is 1. The van der Waals surface area contributed by atoms with Gasteiger partial charge in [0.05, 0.1) is 10.2 Å². The van der Waals surface area contributed by atoms with E-state index in [2.05, 4.69) is 30.9 Å². The van der Waals surface area contributed by atoms with Crippen LogP contribution in [0.1, 0.15) is 17.5 Å². The maximum absolute atomic E-state index is 12.6. The summed E-state index contributed by atoms with van der Waals surface area (Å²) in [5.74, 6) is 1.03. The minimum Gasteiger partial charge on any atom is -0.345 e. The van der Waals surface area contributed by atoms with Gasteiger partial charge in [0.15, 0.2) is 5.13 Å². The van der Waals surface area contributed by atoms with Gasteiger partial charge in [-0.2, -0.15) is 0 Å². The van der Waals surface area contributed by atoms with Crippen molar-refractivity contribution in [2.45, 2.75) is 25.2 Å². The summed E-state index contributed by atoms with van der Waals surface area (Å²) >= 11 is 9.37. The molecule has 29 heavy (non-hydrogen) atoms. The zero-order valence-electron chi connectivity index (χ0n) is 16.7. The monoisotopic (exact) mass is 445 g/mol. The average Bonchev–Trinajstić information content (AvgIpc) is 3.14. The highest BCUT2D eigenvalue weighted by Gasteiger charge is 2.23. The fourth-order valence-corrected chi connectivity index (χ4v) is 5.63. The molecule has 1 saturated heterocycles. The second-order valence-corrected chi connectivity index (χ2v) is 9.93. The van der Waals surface area contributed by atoms with Crippen LogP contribution in [0.3, 0.4) is 0 Å². The van der Waals surface area contributed by atoms with Gasteiger partial charge in [-0.05, 0) is 55.3 Å². The summed E-state index contributed by atoms with van der Waals surface area (Å²) in [7, 11) is 0. The molecule has 4 rings (SSSR count). The van der Waals surface area contributed by atoms with Crippen LogP contribution >= 0.6 is 34.7 Å². The van der Waals surface area contributed by atoms with Crippen molar-refractivity contribution in [2.75, 3.05) is 36.8 Å². The number of benzene rings is 2. The van der Waals surface area contributed by atoms with Crippen LogP contribution in [0.15, 0.2) is 41.3 Å². The third-order valence-corrected chi connectivity index (χ3v) is 7.64. The number of hydrogen-bond donors (Lipinski definition) is 0. The van der Waals surface area contributed by atoms with Gasteiger partial charge in [0.25, 0.3) is 0 Å². The number of nitrogens with zero attached hydrogens (tertiary/aromatic N) is 3. The molecule has 1 amide bonds. The molecule has 1 aliphatic rings. The van der Waals surface area contributed by atoms with Crippen LogP contribution in [-0.4, -0.2) is 47.7 Å². The number of aromatic nitrogens is 1. The number of aryl methyl sites for hydroxylation is 2. The molecular weight excluding hydrogens is 422 g/mol. The van der Waals surface area contributed by atoms with Crippen LogP contribution in [0, 0.1) is 13.8 Å². The Morgan fingerprint density at radius 3 is 2.59 bits per heavy atom. The van der Waals surface area contributed by atoms with E-state index in [0.717, 1.165) is 52.5 Å². The quantitative estimate of drug-likeness (QED) is 0.493. The highest BCUT2D eigenvalue weighted by Crippen LogP contribution is 2.32. The molecule has 0 aliphatic carbocycles. The fourth-order valence-electron chi connectivity index (χ4n) is 3.59. The molecule has 0 unspecified atom stereocenters. The van der Waals surface area contributed by atoms with Gasteiger partial charge in [0.1, 0.15) is 0 Å². The van der Waals surface area contributed by atoms with E-state index in [0.29, 0.717) is 6.42 Å².